The third kappa shape index (κ3) is 4.58. The number of furan rings is 2. The van der Waals surface area contributed by atoms with Crippen LogP contribution in [-0.2, 0) is 9.53 Å². The maximum Gasteiger partial charge on any atom is 0.362 e. The van der Waals surface area contributed by atoms with E-state index in [-0.39, 0.29) is 24.7 Å². The van der Waals surface area contributed by atoms with Gasteiger partial charge < -0.3 is 18.3 Å². The van der Waals surface area contributed by atoms with E-state index in [0.29, 0.717) is 23.7 Å². The Morgan fingerprint density at radius 2 is 1.86 bits per heavy atom. The summed E-state index contributed by atoms with van der Waals surface area (Å²) in [5.74, 6) is 0.233. The van der Waals surface area contributed by atoms with E-state index in [0.717, 1.165) is 5.69 Å². The quantitative estimate of drug-likeness (QED) is 0.355. The molecule has 3 aromatic heterocycles. The van der Waals surface area contributed by atoms with Crippen molar-refractivity contribution in [3.8, 4) is 11.4 Å². The number of hydrogen-bond acceptors (Lipinski definition) is 8. The standard InChI is InChI=1S/C25H22N4O6/c1-2-32-25(31)24-22(15-28(27-24)17-8-4-3-5-9-17)35-16-23(30)29-19(21-11-7-13-34-21)14-18(26-29)20-10-6-12-33-20/h3-13,15,19H,2,14,16H2,1H3. The second kappa shape index (κ2) is 9.72. The van der Waals surface area contributed by atoms with Gasteiger partial charge in [0.25, 0.3) is 5.91 Å². The predicted molar refractivity (Wildman–Crippen MR) is 123 cm³/mol. The van der Waals surface area contributed by atoms with Crippen molar-refractivity contribution < 1.29 is 27.9 Å². The van der Waals surface area contributed by atoms with Crippen LogP contribution < -0.4 is 4.74 Å². The van der Waals surface area contributed by atoms with E-state index in [2.05, 4.69) is 10.2 Å². The van der Waals surface area contributed by atoms with Gasteiger partial charge in [0.1, 0.15) is 23.3 Å². The maximum atomic E-state index is 13.2. The first-order valence-corrected chi connectivity index (χ1v) is 11.1. The van der Waals surface area contributed by atoms with E-state index < -0.39 is 17.9 Å². The lowest BCUT2D eigenvalue weighted by Gasteiger charge is -2.19. The van der Waals surface area contributed by atoms with Crippen molar-refractivity contribution in [1.29, 1.82) is 0 Å². The molecule has 0 radical (unpaired) electrons. The number of esters is 1. The van der Waals surface area contributed by atoms with Gasteiger partial charge >= 0.3 is 5.97 Å². The first-order valence-electron chi connectivity index (χ1n) is 11.1. The van der Waals surface area contributed by atoms with Crippen molar-refractivity contribution in [2.75, 3.05) is 13.2 Å². The van der Waals surface area contributed by atoms with Gasteiger partial charge in [-0.05, 0) is 43.3 Å². The summed E-state index contributed by atoms with van der Waals surface area (Å²) in [5, 5.41) is 10.1. The van der Waals surface area contributed by atoms with Gasteiger partial charge in [0.2, 0.25) is 5.69 Å². The summed E-state index contributed by atoms with van der Waals surface area (Å²) in [4.78, 5) is 25.7. The van der Waals surface area contributed by atoms with Crippen LogP contribution in [0.2, 0.25) is 0 Å². The number of rotatable bonds is 8. The van der Waals surface area contributed by atoms with Crippen LogP contribution in [0.15, 0.2) is 87.3 Å². The predicted octanol–water partition coefficient (Wildman–Crippen LogP) is 3.99. The van der Waals surface area contributed by atoms with Gasteiger partial charge in [0, 0.05) is 6.42 Å². The van der Waals surface area contributed by atoms with Gasteiger partial charge in [0.05, 0.1) is 31.0 Å². The van der Waals surface area contributed by atoms with Gasteiger partial charge in [-0.25, -0.2) is 14.5 Å². The monoisotopic (exact) mass is 474 g/mol. The molecule has 4 heterocycles. The van der Waals surface area contributed by atoms with Gasteiger partial charge in [-0.3, -0.25) is 4.79 Å². The number of nitrogens with zero attached hydrogens (tertiary/aromatic N) is 4. The molecular formula is C25H22N4O6. The third-order valence-electron chi connectivity index (χ3n) is 5.36. The molecule has 0 aliphatic carbocycles. The SMILES string of the molecule is CCOC(=O)c1nn(-c2ccccc2)cc1OCC(=O)N1N=C(c2ccco2)CC1c1ccco1. The number of hydrazone groups is 1. The zero-order valence-corrected chi connectivity index (χ0v) is 18.9. The van der Waals surface area contributed by atoms with Crippen molar-refractivity contribution in [2.45, 2.75) is 19.4 Å². The molecule has 1 amide bonds. The number of carbonyl (C=O) groups is 2. The van der Waals surface area contributed by atoms with Crippen LogP contribution in [-0.4, -0.2) is 45.6 Å². The fraction of sp³-hybridized carbons (Fsp3) is 0.200. The zero-order valence-electron chi connectivity index (χ0n) is 18.9. The first-order chi connectivity index (χ1) is 17.1. The molecule has 1 atom stereocenters. The molecule has 0 spiro atoms. The number of para-hydroxylation sites is 1. The minimum atomic E-state index is -0.641. The second-order valence-electron chi connectivity index (χ2n) is 7.63. The van der Waals surface area contributed by atoms with Crippen LogP contribution in [0.4, 0.5) is 0 Å². The average molecular weight is 474 g/mol. The van der Waals surface area contributed by atoms with E-state index in [4.69, 9.17) is 18.3 Å². The molecule has 35 heavy (non-hydrogen) atoms. The Morgan fingerprint density at radius 1 is 1.06 bits per heavy atom. The highest BCUT2D eigenvalue weighted by molar-refractivity contribution is 6.01. The topological polar surface area (TPSA) is 112 Å². The highest BCUT2D eigenvalue weighted by Gasteiger charge is 2.36. The van der Waals surface area contributed by atoms with E-state index in [9.17, 15) is 9.59 Å². The smallest absolute Gasteiger partial charge is 0.362 e. The summed E-state index contributed by atoms with van der Waals surface area (Å²) in [5.41, 5.74) is 1.32. The van der Waals surface area contributed by atoms with E-state index >= 15 is 0 Å². The minimum Gasteiger partial charge on any atom is -0.479 e. The largest absolute Gasteiger partial charge is 0.479 e. The summed E-state index contributed by atoms with van der Waals surface area (Å²) in [6.45, 7) is 1.50. The molecular weight excluding hydrogens is 452 g/mol. The van der Waals surface area contributed by atoms with Crippen molar-refractivity contribution in [2.24, 2.45) is 5.10 Å². The van der Waals surface area contributed by atoms with Gasteiger partial charge in [0.15, 0.2) is 12.4 Å². The number of carbonyl (C=O) groups excluding carboxylic acids is 2. The Bertz CT molecular complexity index is 1330. The molecule has 1 aliphatic heterocycles. The van der Waals surface area contributed by atoms with Crippen LogP contribution in [0, 0.1) is 0 Å². The van der Waals surface area contributed by atoms with Crippen LogP contribution in [0.25, 0.3) is 5.69 Å². The summed E-state index contributed by atoms with van der Waals surface area (Å²) in [6, 6.07) is 15.9. The van der Waals surface area contributed by atoms with Crippen LogP contribution in [0.1, 0.15) is 41.4 Å². The molecule has 0 N–H and O–H groups in total. The summed E-state index contributed by atoms with van der Waals surface area (Å²) in [7, 11) is 0. The van der Waals surface area contributed by atoms with Gasteiger partial charge in [-0.1, -0.05) is 18.2 Å². The first kappa shape index (κ1) is 22.2. The molecule has 178 valence electrons. The molecule has 10 heteroatoms. The fourth-order valence-electron chi connectivity index (χ4n) is 3.76. The lowest BCUT2D eigenvalue weighted by atomic mass is 10.1. The molecule has 0 bridgehead atoms. The summed E-state index contributed by atoms with van der Waals surface area (Å²) in [6.07, 6.45) is 5.06. The van der Waals surface area contributed by atoms with Gasteiger partial charge in [-0.15, -0.1) is 0 Å². The molecule has 1 unspecified atom stereocenters. The van der Waals surface area contributed by atoms with Crippen LogP contribution in [0.5, 0.6) is 5.75 Å². The average Bonchev–Trinajstić information content (AvgIpc) is 3.69. The van der Waals surface area contributed by atoms with Crippen molar-refractivity contribution in [3.63, 3.8) is 0 Å². The second-order valence-corrected chi connectivity index (χ2v) is 7.63. The highest BCUT2D eigenvalue weighted by Crippen LogP contribution is 2.33. The molecule has 0 saturated heterocycles. The molecule has 0 saturated carbocycles. The Labute approximate surface area is 200 Å². The lowest BCUT2D eigenvalue weighted by Crippen LogP contribution is -2.31. The molecule has 5 rings (SSSR count). The maximum absolute atomic E-state index is 13.2. The summed E-state index contributed by atoms with van der Waals surface area (Å²) >= 11 is 0. The van der Waals surface area contributed by atoms with Crippen LogP contribution in [0.3, 0.4) is 0 Å². The zero-order chi connectivity index (χ0) is 24.2. The van der Waals surface area contributed by atoms with E-state index in [1.165, 1.54) is 9.69 Å². The number of hydrogen-bond donors (Lipinski definition) is 0. The number of benzene rings is 1. The Balaban J connectivity index is 1.38. The Morgan fingerprint density at radius 3 is 2.57 bits per heavy atom. The minimum absolute atomic E-state index is 0.0210. The molecule has 0 fully saturated rings. The van der Waals surface area contributed by atoms with Crippen molar-refractivity contribution in [3.05, 3.63) is 90.5 Å². The molecule has 1 aliphatic rings. The Hall–Kier alpha value is -4.60. The van der Waals surface area contributed by atoms with Crippen molar-refractivity contribution in [1.82, 2.24) is 14.8 Å². The molecule has 4 aromatic rings. The Kier molecular flexibility index (Phi) is 6.16. The third-order valence-corrected chi connectivity index (χ3v) is 5.36. The number of ether oxygens (including phenoxy) is 2. The van der Waals surface area contributed by atoms with Crippen LogP contribution >= 0.6 is 0 Å². The number of aromatic nitrogens is 2. The number of amides is 1. The lowest BCUT2D eigenvalue weighted by molar-refractivity contribution is -0.135. The highest BCUT2D eigenvalue weighted by atomic mass is 16.5. The van der Waals surface area contributed by atoms with Gasteiger partial charge in [-0.2, -0.15) is 10.2 Å². The molecule has 10 nitrogen and oxygen atoms in total. The normalized spacial score (nSPS) is 15.2. The van der Waals surface area contributed by atoms with E-state index in [1.54, 1.807) is 49.9 Å². The fourth-order valence-corrected chi connectivity index (χ4v) is 3.76. The molecule has 1 aromatic carbocycles. The van der Waals surface area contributed by atoms with E-state index in [1.807, 2.05) is 30.3 Å². The summed E-state index contributed by atoms with van der Waals surface area (Å²) < 4.78 is 23.4. The van der Waals surface area contributed by atoms with Crippen molar-refractivity contribution >= 4 is 17.6 Å².